The van der Waals surface area contributed by atoms with Crippen molar-refractivity contribution in [3.8, 4) is 0 Å². The fourth-order valence-electron chi connectivity index (χ4n) is 2.57. The van der Waals surface area contributed by atoms with Gasteiger partial charge in [-0.3, -0.25) is 0 Å². The molecular formula is C18H17BrO. The maximum atomic E-state index is 5.88. The van der Waals surface area contributed by atoms with Crippen molar-refractivity contribution in [1.82, 2.24) is 0 Å². The number of furan rings is 1. The number of hydrogen-bond acceptors (Lipinski definition) is 1. The Morgan fingerprint density at radius 3 is 2.45 bits per heavy atom. The zero-order chi connectivity index (χ0) is 14.1. The highest BCUT2D eigenvalue weighted by Crippen LogP contribution is 2.37. The van der Waals surface area contributed by atoms with Gasteiger partial charge in [0.25, 0.3) is 0 Å². The molecule has 0 aliphatic carbocycles. The van der Waals surface area contributed by atoms with Gasteiger partial charge < -0.3 is 4.42 Å². The van der Waals surface area contributed by atoms with E-state index in [2.05, 4.69) is 78.3 Å². The quantitative estimate of drug-likeness (QED) is 0.555. The molecule has 3 rings (SSSR count). The molecule has 2 aromatic carbocycles. The minimum atomic E-state index is 0.0910. The SMILES string of the molecule is CCc1ccc(C(Br)c2ccc(C)c3ccccc23)o1. The van der Waals surface area contributed by atoms with Crippen LogP contribution in [0.3, 0.4) is 0 Å². The molecule has 0 saturated heterocycles. The normalized spacial score (nSPS) is 12.8. The summed E-state index contributed by atoms with van der Waals surface area (Å²) in [6.07, 6.45) is 0.925. The highest BCUT2D eigenvalue weighted by molar-refractivity contribution is 9.09. The lowest BCUT2D eigenvalue weighted by Gasteiger charge is -2.13. The zero-order valence-electron chi connectivity index (χ0n) is 11.7. The smallest absolute Gasteiger partial charge is 0.122 e. The Kier molecular flexibility index (Phi) is 3.66. The summed E-state index contributed by atoms with van der Waals surface area (Å²) in [5.41, 5.74) is 2.56. The van der Waals surface area contributed by atoms with Gasteiger partial charge >= 0.3 is 0 Å². The number of rotatable bonds is 3. The molecule has 0 saturated carbocycles. The first-order valence-electron chi connectivity index (χ1n) is 6.91. The molecule has 2 heteroatoms. The highest BCUT2D eigenvalue weighted by Gasteiger charge is 2.17. The minimum absolute atomic E-state index is 0.0910. The van der Waals surface area contributed by atoms with E-state index >= 15 is 0 Å². The first kappa shape index (κ1) is 13.4. The fourth-order valence-corrected chi connectivity index (χ4v) is 3.21. The molecule has 1 aromatic heterocycles. The van der Waals surface area contributed by atoms with Gasteiger partial charge in [-0.2, -0.15) is 0 Å². The van der Waals surface area contributed by atoms with Gasteiger partial charge in [0.15, 0.2) is 0 Å². The molecular weight excluding hydrogens is 312 g/mol. The molecule has 0 amide bonds. The molecule has 1 heterocycles. The van der Waals surface area contributed by atoms with Gasteiger partial charge in [-0.05, 0) is 41.0 Å². The van der Waals surface area contributed by atoms with Crippen LogP contribution in [0.5, 0.6) is 0 Å². The Morgan fingerprint density at radius 1 is 1.00 bits per heavy atom. The van der Waals surface area contributed by atoms with E-state index in [0.717, 1.165) is 17.9 Å². The standard InChI is InChI=1S/C18H17BrO/c1-3-13-9-11-17(20-13)18(19)16-10-8-12(2)14-6-4-5-7-15(14)16/h4-11,18H,3H2,1-2H3. The Bertz CT molecular complexity index is 742. The van der Waals surface area contributed by atoms with Gasteiger partial charge in [0.2, 0.25) is 0 Å². The first-order chi connectivity index (χ1) is 9.70. The van der Waals surface area contributed by atoms with Crippen molar-refractivity contribution in [2.75, 3.05) is 0 Å². The second-order valence-corrected chi connectivity index (χ2v) is 5.95. The molecule has 0 aliphatic heterocycles. The molecule has 0 fully saturated rings. The predicted molar refractivity (Wildman–Crippen MR) is 87.5 cm³/mol. The monoisotopic (exact) mass is 328 g/mol. The molecule has 0 N–H and O–H groups in total. The van der Waals surface area contributed by atoms with Gasteiger partial charge in [0.1, 0.15) is 11.5 Å². The second kappa shape index (κ2) is 5.45. The van der Waals surface area contributed by atoms with Crippen molar-refractivity contribution in [3.63, 3.8) is 0 Å². The van der Waals surface area contributed by atoms with E-state index in [4.69, 9.17) is 4.42 Å². The number of fused-ring (bicyclic) bond motifs is 1. The maximum absolute atomic E-state index is 5.88. The molecule has 0 radical (unpaired) electrons. The lowest BCUT2D eigenvalue weighted by Crippen LogP contribution is -1.93. The molecule has 20 heavy (non-hydrogen) atoms. The van der Waals surface area contributed by atoms with Gasteiger partial charge in [-0.1, -0.05) is 59.3 Å². The van der Waals surface area contributed by atoms with Crippen LogP contribution < -0.4 is 0 Å². The largest absolute Gasteiger partial charge is 0.465 e. The van der Waals surface area contributed by atoms with Gasteiger partial charge in [-0.15, -0.1) is 0 Å². The van der Waals surface area contributed by atoms with Crippen LogP contribution in [-0.2, 0) is 6.42 Å². The second-order valence-electron chi connectivity index (χ2n) is 5.04. The van der Waals surface area contributed by atoms with Gasteiger partial charge in [0.05, 0.1) is 4.83 Å². The summed E-state index contributed by atoms with van der Waals surface area (Å²) >= 11 is 3.79. The van der Waals surface area contributed by atoms with E-state index in [0.29, 0.717) is 0 Å². The number of benzene rings is 2. The highest BCUT2D eigenvalue weighted by atomic mass is 79.9. The number of alkyl halides is 1. The van der Waals surface area contributed by atoms with Crippen LogP contribution in [0.2, 0.25) is 0 Å². The molecule has 1 atom stereocenters. The summed E-state index contributed by atoms with van der Waals surface area (Å²) in [5.74, 6) is 2.00. The fraction of sp³-hybridized carbons (Fsp3) is 0.222. The Labute approximate surface area is 127 Å². The van der Waals surface area contributed by atoms with Crippen LogP contribution >= 0.6 is 15.9 Å². The van der Waals surface area contributed by atoms with Crippen molar-refractivity contribution in [1.29, 1.82) is 0 Å². The van der Waals surface area contributed by atoms with Crippen LogP contribution in [0.1, 0.15) is 34.4 Å². The topological polar surface area (TPSA) is 13.1 Å². The van der Waals surface area contributed by atoms with E-state index < -0.39 is 0 Å². The number of halogens is 1. The summed E-state index contributed by atoms with van der Waals surface area (Å²) in [4.78, 5) is 0.0910. The van der Waals surface area contributed by atoms with Crippen molar-refractivity contribution < 1.29 is 4.42 Å². The third-order valence-electron chi connectivity index (χ3n) is 3.73. The number of hydrogen-bond donors (Lipinski definition) is 0. The van der Waals surface area contributed by atoms with E-state index in [9.17, 15) is 0 Å². The van der Waals surface area contributed by atoms with Crippen LogP contribution in [0.25, 0.3) is 10.8 Å². The predicted octanol–water partition coefficient (Wildman–Crippen LogP) is 5.79. The Balaban J connectivity index is 2.12. The summed E-state index contributed by atoms with van der Waals surface area (Å²) in [6.45, 7) is 4.25. The average molecular weight is 329 g/mol. The molecule has 0 aliphatic rings. The maximum Gasteiger partial charge on any atom is 0.122 e. The van der Waals surface area contributed by atoms with Crippen LogP contribution in [0, 0.1) is 6.92 Å². The number of aryl methyl sites for hydroxylation is 2. The Morgan fingerprint density at radius 2 is 1.75 bits per heavy atom. The van der Waals surface area contributed by atoms with E-state index in [1.807, 2.05) is 0 Å². The van der Waals surface area contributed by atoms with Crippen molar-refractivity contribution in [2.24, 2.45) is 0 Å². The first-order valence-corrected chi connectivity index (χ1v) is 7.83. The summed E-state index contributed by atoms with van der Waals surface area (Å²) < 4.78 is 5.88. The lowest BCUT2D eigenvalue weighted by atomic mass is 9.98. The summed E-state index contributed by atoms with van der Waals surface area (Å²) in [5, 5.41) is 2.58. The molecule has 3 aromatic rings. The van der Waals surface area contributed by atoms with Crippen LogP contribution in [0.4, 0.5) is 0 Å². The van der Waals surface area contributed by atoms with Crippen LogP contribution in [-0.4, -0.2) is 0 Å². The third kappa shape index (κ3) is 2.29. The molecule has 1 unspecified atom stereocenters. The van der Waals surface area contributed by atoms with Crippen molar-refractivity contribution >= 4 is 26.7 Å². The summed E-state index contributed by atoms with van der Waals surface area (Å²) in [6, 6.07) is 17.0. The minimum Gasteiger partial charge on any atom is -0.465 e. The molecule has 102 valence electrons. The van der Waals surface area contributed by atoms with Crippen molar-refractivity contribution in [3.05, 3.63) is 71.2 Å². The van der Waals surface area contributed by atoms with E-state index in [1.54, 1.807) is 0 Å². The van der Waals surface area contributed by atoms with Gasteiger partial charge in [-0.25, -0.2) is 0 Å². The van der Waals surface area contributed by atoms with E-state index in [-0.39, 0.29) is 4.83 Å². The lowest BCUT2D eigenvalue weighted by molar-refractivity contribution is 0.477. The average Bonchev–Trinajstić information content (AvgIpc) is 2.96. The molecule has 0 bridgehead atoms. The Hall–Kier alpha value is -1.54. The molecule has 1 nitrogen and oxygen atoms in total. The third-order valence-corrected chi connectivity index (χ3v) is 4.67. The van der Waals surface area contributed by atoms with Crippen molar-refractivity contribution in [2.45, 2.75) is 25.1 Å². The summed E-state index contributed by atoms with van der Waals surface area (Å²) in [7, 11) is 0. The molecule has 0 spiro atoms. The van der Waals surface area contributed by atoms with Gasteiger partial charge in [0, 0.05) is 6.42 Å². The van der Waals surface area contributed by atoms with E-state index in [1.165, 1.54) is 21.9 Å². The zero-order valence-corrected chi connectivity index (χ0v) is 13.3. The van der Waals surface area contributed by atoms with Crippen LogP contribution in [0.15, 0.2) is 52.9 Å².